The highest BCUT2D eigenvalue weighted by molar-refractivity contribution is 5.92. The van der Waals surface area contributed by atoms with E-state index in [9.17, 15) is 9.59 Å². The normalized spacial score (nSPS) is 11.7. The van der Waals surface area contributed by atoms with E-state index in [4.69, 9.17) is 0 Å². The van der Waals surface area contributed by atoms with Gasteiger partial charge in [-0.25, -0.2) is 0 Å². The number of benzene rings is 1. The smallest absolute Gasteiger partial charge is 0.225 e. The van der Waals surface area contributed by atoms with Crippen LogP contribution in [0.1, 0.15) is 27.2 Å². The zero-order valence-electron chi connectivity index (χ0n) is 11.6. The minimum Gasteiger partial charge on any atom is -0.326 e. The molecule has 1 unspecified atom stereocenters. The van der Waals surface area contributed by atoms with Gasteiger partial charge in [-0.05, 0) is 37.7 Å². The molecule has 1 rings (SSSR count). The molecule has 0 aliphatic carbocycles. The lowest BCUT2D eigenvalue weighted by molar-refractivity contribution is -0.116. The number of amides is 2. The van der Waals surface area contributed by atoms with Crippen LogP contribution in [0.2, 0.25) is 0 Å². The van der Waals surface area contributed by atoms with Crippen molar-refractivity contribution in [2.45, 2.75) is 33.2 Å². The molecular formula is C14H21N3O2. The molecule has 3 N–H and O–H groups in total. The van der Waals surface area contributed by atoms with E-state index < -0.39 is 0 Å². The average molecular weight is 263 g/mol. The Kier molecular flexibility index (Phi) is 6.02. The lowest BCUT2D eigenvalue weighted by Crippen LogP contribution is -2.30. The molecule has 2 amide bonds. The maximum atomic E-state index is 11.7. The third kappa shape index (κ3) is 6.01. The summed E-state index contributed by atoms with van der Waals surface area (Å²) < 4.78 is 0. The molecule has 1 atom stereocenters. The van der Waals surface area contributed by atoms with Crippen LogP contribution >= 0.6 is 0 Å². The van der Waals surface area contributed by atoms with Gasteiger partial charge in [-0.3, -0.25) is 9.59 Å². The van der Waals surface area contributed by atoms with Gasteiger partial charge in [0.05, 0.1) is 0 Å². The van der Waals surface area contributed by atoms with Crippen LogP contribution in [0.5, 0.6) is 0 Å². The van der Waals surface area contributed by atoms with Crippen LogP contribution in [0.4, 0.5) is 11.4 Å². The Morgan fingerprint density at radius 2 is 1.63 bits per heavy atom. The topological polar surface area (TPSA) is 70.2 Å². The Morgan fingerprint density at radius 1 is 1.11 bits per heavy atom. The van der Waals surface area contributed by atoms with Gasteiger partial charge in [0, 0.05) is 30.8 Å². The summed E-state index contributed by atoms with van der Waals surface area (Å²) in [5.41, 5.74) is 1.44. The van der Waals surface area contributed by atoms with Gasteiger partial charge in [0.15, 0.2) is 0 Å². The van der Waals surface area contributed by atoms with Crippen molar-refractivity contribution in [1.29, 1.82) is 0 Å². The van der Waals surface area contributed by atoms with E-state index in [2.05, 4.69) is 16.0 Å². The largest absolute Gasteiger partial charge is 0.326 e. The highest BCUT2D eigenvalue weighted by atomic mass is 16.2. The fourth-order valence-electron chi connectivity index (χ4n) is 1.75. The number of anilines is 2. The van der Waals surface area contributed by atoms with Crippen LogP contribution in [0.15, 0.2) is 24.3 Å². The molecule has 0 aliphatic rings. The van der Waals surface area contributed by atoms with Gasteiger partial charge in [-0.2, -0.15) is 0 Å². The Bertz CT molecular complexity index is 429. The summed E-state index contributed by atoms with van der Waals surface area (Å²) in [7, 11) is 0. The van der Waals surface area contributed by atoms with E-state index in [1.807, 2.05) is 13.8 Å². The fraction of sp³-hybridized carbons (Fsp3) is 0.429. The van der Waals surface area contributed by atoms with Gasteiger partial charge in [0.2, 0.25) is 11.8 Å². The van der Waals surface area contributed by atoms with Gasteiger partial charge in [-0.15, -0.1) is 0 Å². The number of nitrogens with one attached hydrogen (secondary N) is 3. The van der Waals surface area contributed by atoms with Crippen molar-refractivity contribution in [2.75, 3.05) is 17.2 Å². The van der Waals surface area contributed by atoms with Gasteiger partial charge in [0.25, 0.3) is 0 Å². The lowest BCUT2D eigenvalue weighted by Gasteiger charge is -2.12. The summed E-state index contributed by atoms with van der Waals surface area (Å²) >= 11 is 0. The zero-order valence-corrected chi connectivity index (χ0v) is 11.6. The number of carbonyl (C=O) groups is 2. The number of rotatable bonds is 6. The summed E-state index contributed by atoms with van der Waals surface area (Å²) in [4.78, 5) is 22.6. The zero-order chi connectivity index (χ0) is 14.3. The first-order chi connectivity index (χ1) is 9.01. The summed E-state index contributed by atoms with van der Waals surface area (Å²) in [6, 6.07) is 7.20. The maximum absolute atomic E-state index is 11.7. The third-order valence-corrected chi connectivity index (χ3v) is 2.53. The molecule has 0 spiro atoms. The van der Waals surface area contributed by atoms with Crippen molar-refractivity contribution in [3.63, 3.8) is 0 Å². The standard InChI is InChI=1S/C14H21N3O2/c1-4-15-10(2)9-14(19)17-13-7-5-12(6-8-13)16-11(3)18/h5-8,10,15H,4,9H2,1-3H3,(H,16,18)(H,17,19). The molecular weight excluding hydrogens is 242 g/mol. The molecule has 5 nitrogen and oxygen atoms in total. The third-order valence-electron chi connectivity index (χ3n) is 2.53. The summed E-state index contributed by atoms with van der Waals surface area (Å²) in [5.74, 6) is -0.142. The van der Waals surface area contributed by atoms with Crippen LogP contribution < -0.4 is 16.0 Å². The van der Waals surface area contributed by atoms with Crippen LogP contribution in [0.3, 0.4) is 0 Å². The van der Waals surface area contributed by atoms with Crippen LogP contribution in [0, 0.1) is 0 Å². The van der Waals surface area contributed by atoms with Crippen molar-refractivity contribution >= 4 is 23.2 Å². The predicted molar refractivity (Wildman–Crippen MR) is 77.1 cm³/mol. The second kappa shape index (κ2) is 7.53. The fourth-order valence-corrected chi connectivity index (χ4v) is 1.75. The average Bonchev–Trinajstić information content (AvgIpc) is 2.31. The van der Waals surface area contributed by atoms with E-state index in [0.29, 0.717) is 12.1 Å². The first-order valence-electron chi connectivity index (χ1n) is 6.42. The molecule has 0 fully saturated rings. The summed E-state index contributed by atoms with van der Waals surface area (Å²) in [6.45, 7) is 6.29. The quantitative estimate of drug-likeness (QED) is 0.735. The van der Waals surface area contributed by atoms with Crippen molar-refractivity contribution in [2.24, 2.45) is 0 Å². The second-order valence-corrected chi connectivity index (χ2v) is 4.47. The number of hydrogen-bond acceptors (Lipinski definition) is 3. The second-order valence-electron chi connectivity index (χ2n) is 4.47. The predicted octanol–water partition coefficient (Wildman–Crippen LogP) is 1.97. The summed E-state index contributed by atoms with van der Waals surface area (Å²) in [5, 5.41) is 8.68. The van der Waals surface area contributed by atoms with E-state index >= 15 is 0 Å². The lowest BCUT2D eigenvalue weighted by atomic mass is 10.2. The van der Waals surface area contributed by atoms with Crippen molar-refractivity contribution in [3.8, 4) is 0 Å². The molecule has 5 heteroatoms. The minimum absolute atomic E-state index is 0.0271. The first-order valence-corrected chi connectivity index (χ1v) is 6.42. The monoisotopic (exact) mass is 263 g/mol. The molecule has 0 saturated heterocycles. The molecule has 104 valence electrons. The Balaban J connectivity index is 2.48. The molecule has 0 bridgehead atoms. The summed E-state index contributed by atoms with van der Waals surface area (Å²) in [6.07, 6.45) is 0.432. The van der Waals surface area contributed by atoms with Gasteiger partial charge >= 0.3 is 0 Å². The Morgan fingerprint density at radius 3 is 2.11 bits per heavy atom. The first kappa shape index (κ1) is 15.2. The van der Waals surface area contributed by atoms with Crippen molar-refractivity contribution < 1.29 is 9.59 Å². The molecule has 0 radical (unpaired) electrons. The van der Waals surface area contributed by atoms with Crippen molar-refractivity contribution in [1.82, 2.24) is 5.32 Å². The SMILES string of the molecule is CCNC(C)CC(=O)Nc1ccc(NC(C)=O)cc1. The Hall–Kier alpha value is -1.88. The van der Waals surface area contributed by atoms with Crippen LogP contribution in [-0.2, 0) is 9.59 Å². The van der Waals surface area contributed by atoms with E-state index in [1.165, 1.54) is 6.92 Å². The number of carbonyl (C=O) groups excluding carboxylic acids is 2. The van der Waals surface area contributed by atoms with E-state index in [1.54, 1.807) is 24.3 Å². The highest BCUT2D eigenvalue weighted by Gasteiger charge is 2.08. The van der Waals surface area contributed by atoms with Gasteiger partial charge in [-0.1, -0.05) is 6.92 Å². The minimum atomic E-state index is -0.115. The van der Waals surface area contributed by atoms with Gasteiger partial charge < -0.3 is 16.0 Å². The maximum Gasteiger partial charge on any atom is 0.225 e. The molecule has 0 aliphatic heterocycles. The van der Waals surface area contributed by atoms with Gasteiger partial charge in [0.1, 0.15) is 0 Å². The highest BCUT2D eigenvalue weighted by Crippen LogP contribution is 2.13. The van der Waals surface area contributed by atoms with Crippen molar-refractivity contribution in [3.05, 3.63) is 24.3 Å². The van der Waals surface area contributed by atoms with E-state index in [0.717, 1.165) is 12.2 Å². The molecule has 0 aromatic heterocycles. The molecule has 19 heavy (non-hydrogen) atoms. The molecule has 1 aromatic carbocycles. The Labute approximate surface area is 113 Å². The number of hydrogen-bond donors (Lipinski definition) is 3. The van der Waals surface area contributed by atoms with Crippen LogP contribution in [-0.4, -0.2) is 24.4 Å². The molecule has 1 aromatic rings. The molecule has 0 heterocycles. The van der Waals surface area contributed by atoms with Crippen LogP contribution in [0.25, 0.3) is 0 Å². The molecule has 0 saturated carbocycles. The van der Waals surface area contributed by atoms with E-state index in [-0.39, 0.29) is 17.9 Å².